The van der Waals surface area contributed by atoms with Gasteiger partial charge in [0.2, 0.25) is 0 Å². The second kappa shape index (κ2) is 5.10. The molecule has 18 heavy (non-hydrogen) atoms. The Bertz CT molecular complexity index is 549. The summed E-state index contributed by atoms with van der Waals surface area (Å²) in [6.07, 6.45) is 1.98. The van der Waals surface area contributed by atoms with Crippen molar-refractivity contribution in [2.24, 2.45) is 7.05 Å². The van der Waals surface area contributed by atoms with E-state index in [1.165, 1.54) is 6.07 Å². The second-order valence-electron chi connectivity index (χ2n) is 4.34. The number of nitrogens with zero attached hydrogens (tertiary/aromatic N) is 2. The Hall–Kier alpha value is -2.01. The van der Waals surface area contributed by atoms with Gasteiger partial charge in [-0.25, -0.2) is 0 Å². The van der Waals surface area contributed by atoms with E-state index in [4.69, 9.17) is 0 Å². The number of hydrogen-bond donors (Lipinski definition) is 3. The maximum Gasteiger partial charge on any atom is 0.157 e. The molecule has 3 N–H and O–H groups in total. The van der Waals surface area contributed by atoms with Crippen LogP contribution in [-0.4, -0.2) is 20.0 Å². The Labute approximate surface area is 106 Å². The molecule has 0 saturated carbocycles. The molecule has 0 aliphatic heterocycles. The lowest BCUT2D eigenvalue weighted by Gasteiger charge is -2.05. The van der Waals surface area contributed by atoms with E-state index in [0.717, 1.165) is 23.4 Å². The van der Waals surface area contributed by atoms with Gasteiger partial charge < -0.3 is 15.5 Å². The molecule has 96 valence electrons. The van der Waals surface area contributed by atoms with Gasteiger partial charge in [-0.05, 0) is 24.6 Å². The Morgan fingerprint density at radius 3 is 2.61 bits per heavy atom. The highest BCUT2D eigenvalue weighted by molar-refractivity contribution is 5.40. The van der Waals surface area contributed by atoms with Crippen molar-refractivity contribution in [3.8, 4) is 11.5 Å². The number of phenolic OH excluding ortho intramolecular Hbond substituents is 2. The van der Waals surface area contributed by atoms with Gasteiger partial charge in [0.05, 0.1) is 5.69 Å². The average molecular weight is 247 g/mol. The molecule has 0 radical (unpaired) electrons. The summed E-state index contributed by atoms with van der Waals surface area (Å²) in [6, 6.07) is 4.82. The molecule has 2 rings (SSSR count). The average Bonchev–Trinajstić information content (AvgIpc) is 2.63. The minimum absolute atomic E-state index is 0.0909. The van der Waals surface area contributed by atoms with Crippen LogP contribution in [0.2, 0.25) is 0 Å². The highest BCUT2D eigenvalue weighted by Crippen LogP contribution is 2.24. The molecule has 0 aliphatic rings. The molecule has 5 nitrogen and oxygen atoms in total. The minimum atomic E-state index is -0.0955. The van der Waals surface area contributed by atoms with Gasteiger partial charge >= 0.3 is 0 Å². The predicted molar refractivity (Wildman–Crippen MR) is 68.3 cm³/mol. The Morgan fingerprint density at radius 1 is 1.22 bits per heavy atom. The zero-order valence-corrected chi connectivity index (χ0v) is 10.5. The summed E-state index contributed by atoms with van der Waals surface area (Å²) in [5.41, 5.74) is 3.09. The number of benzene rings is 1. The van der Waals surface area contributed by atoms with E-state index in [-0.39, 0.29) is 11.5 Å². The zero-order chi connectivity index (χ0) is 13.1. The first kappa shape index (κ1) is 12.4. The maximum absolute atomic E-state index is 9.37. The van der Waals surface area contributed by atoms with Crippen molar-refractivity contribution < 1.29 is 10.2 Å². The number of rotatable bonds is 4. The summed E-state index contributed by atoms with van der Waals surface area (Å²) in [5, 5.41) is 26.1. The number of aromatic nitrogens is 2. The molecule has 2 aromatic rings. The van der Waals surface area contributed by atoms with Crippen LogP contribution < -0.4 is 5.32 Å². The normalized spacial score (nSPS) is 10.8. The van der Waals surface area contributed by atoms with Gasteiger partial charge in [0.15, 0.2) is 11.5 Å². The van der Waals surface area contributed by atoms with E-state index >= 15 is 0 Å². The molecule has 0 bridgehead atoms. The molecule has 0 saturated heterocycles. The van der Waals surface area contributed by atoms with Crippen molar-refractivity contribution in [1.82, 2.24) is 15.1 Å². The van der Waals surface area contributed by atoms with Crippen LogP contribution in [0.4, 0.5) is 0 Å². The second-order valence-corrected chi connectivity index (χ2v) is 4.34. The molecule has 0 fully saturated rings. The molecule has 1 heterocycles. The first-order valence-corrected chi connectivity index (χ1v) is 5.77. The third-order valence-electron chi connectivity index (χ3n) is 2.80. The van der Waals surface area contributed by atoms with Gasteiger partial charge in [-0.15, -0.1) is 0 Å². The number of aromatic hydroxyl groups is 2. The lowest BCUT2D eigenvalue weighted by Crippen LogP contribution is -2.12. The van der Waals surface area contributed by atoms with Crippen LogP contribution in [-0.2, 0) is 20.1 Å². The van der Waals surface area contributed by atoms with Gasteiger partial charge in [-0.2, -0.15) is 5.10 Å². The van der Waals surface area contributed by atoms with E-state index in [0.29, 0.717) is 6.54 Å². The van der Waals surface area contributed by atoms with Crippen molar-refractivity contribution in [2.75, 3.05) is 0 Å². The highest BCUT2D eigenvalue weighted by Gasteiger charge is 2.03. The minimum Gasteiger partial charge on any atom is -0.504 e. The lowest BCUT2D eigenvalue weighted by molar-refractivity contribution is 0.403. The summed E-state index contributed by atoms with van der Waals surface area (Å²) >= 11 is 0. The van der Waals surface area contributed by atoms with Crippen LogP contribution in [0.5, 0.6) is 11.5 Å². The monoisotopic (exact) mass is 247 g/mol. The van der Waals surface area contributed by atoms with Crippen molar-refractivity contribution >= 4 is 0 Å². The molecular weight excluding hydrogens is 230 g/mol. The zero-order valence-electron chi connectivity index (χ0n) is 10.5. The third kappa shape index (κ3) is 2.81. The van der Waals surface area contributed by atoms with Gasteiger partial charge in [0, 0.05) is 31.9 Å². The molecule has 5 heteroatoms. The molecule has 0 unspecified atom stereocenters. The Balaban J connectivity index is 1.92. The van der Waals surface area contributed by atoms with E-state index in [1.807, 2.05) is 20.2 Å². The van der Waals surface area contributed by atoms with Gasteiger partial charge in [0.25, 0.3) is 0 Å². The molecule has 0 spiro atoms. The summed E-state index contributed by atoms with van der Waals surface area (Å²) < 4.78 is 1.79. The lowest BCUT2D eigenvalue weighted by atomic mass is 10.2. The van der Waals surface area contributed by atoms with Gasteiger partial charge in [-0.1, -0.05) is 6.07 Å². The molecule has 1 aromatic carbocycles. The van der Waals surface area contributed by atoms with Crippen LogP contribution >= 0.6 is 0 Å². The van der Waals surface area contributed by atoms with Crippen molar-refractivity contribution in [3.05, 3.63) is 41.2 Å². The van der Waals surface area contributed by atoms with Crippen LogP contribution in [0.3, 0.4) is 0 Å². The fraction of sp³-hybridized carbons (Fsp3) is 0.308. The Kier molecular flexibility index (Phi) is 3.53. The van der Waals surface area contributed by atoms with Crippen LogP contribution in [0, 0.1) is 6.92 Å². The number of aryl methyl sites for hydroxylation is 2. The van der Waals surface area contributed by atoms with Crippen LogP contribution in [0.15, 0.2) is 24.4 Å². The van der Waals surface area contributed by atoms with Crippen LogP contribution in [0.25, 0.3) is 0 Å². The molecular formula is C13H17N3O2. The molecule has 1 aromatic heterocycles. The first-order chi connectivity index (χ1) is 8.56. The Morgan fingerprint density at radius 2 is 2.00 bits per heavy atom. The quantitative estimate of drug-likeness (QED) is 0.715. The molecule has 0 aliphatic carbocycles. The topological polar surface area (TPSA) is 70.3 Å². The fourth-order valence-corrected chi connectivity index (χ4v) is 1.84. The summed E-state index contributed by atoms with van der Waals surface area (Å²) in [7, 11) is 1.90. The summed E-state index contributed by atoms with van der Waals surface area (Å²) in [5.74, 6) is -0.186. The summed E-state index contributed by atoms with van der Waals surface area (Å²) in [4.78, 5) is 0. The van der Waals surface area contributed by atoms with E-state index in [2.05, 4.69) is 10.4 Å². The van der Waals surface area contributed by atoms with Gasteiger partial charge in [0.1, 0.15) is 0 Å². The van der Waals surface area contributed by atoms with E-state index < -0.39 is 0 Å². The third-order valence-corrected chi connectivity index (χ3v) is 2.80. The molecule has 0 atom stereocenters. The van der Waals surface area contributed by atoms with Crippen molar-refractivity contribution in [2.45, 2.75) is 20.0 Å². The standard InChI is InChI=1S/C13H17N3O2/c1-9-11(8-16(2)15-9)7-14-6-10-3-4-12(17)13(18)5-10/h3-5,8,14,17-18H,6-7H2,1-2H3. The fourth-order valence-electron chi connectivity index (χ4n) is 1.84. The van der Waals surface area contributed by atoms with Crippen molar-refractivity contribution in [1.29, 1.82) is 0 Å². The van der Waals surface area contributed by atoms with E-state index in [9.17, 15) is 10.2 Å². The van der Waals surface area contributed by atoms with E-state index in [1.54, 1.807) is 16.8 Å². The largest absolute Gasteiger partial charge is 0.504 e. The van der Waals surface area contributed by atoms with Crippen molar-refractivity contribution in [3.63, 3.8) is 0 Å². The maximum atomic E-state index is 9.37. The number of phenols is 2. The number of hydrogen-bond acceptors (Lipinski definition) is 4. The van der Waals surface area contributed by atoms with Crippen LogP contribution in [0.1, 0.15) is 16.8 Å². The number of nitrogens with one attached hydrogen (secondary N) is 1. The summed E-state index contributed by atoms with van der Waals surface area (Å²) in [6.45, 7) is 3.33. The molecule has 0 amide bonds. The SMILES string of the molecule is Cc1nn(C)cc1CNCc1ccc(O)c(O)c1. The predicted octanol–water partition coefficient (Wildman–Crippen LogP) is 1.43. The first-order valence-electron chi connectivity index (χ1n) is 5.77. The van der Waals surface area contributed by atoms with Gasteiger partial charge in [-0.3, -0.25) is 4.68 Å². The smallest absolute Gasteiger partial charge is 0.157 e. The highest BCUT2D eigenvalue weighted by atomic mass is 16.3.